The molecule has 1 N–H and O–H groups in total. The van der Waals surface area contributed by atoms with Gasteiger partial charge in [0.25, 0.3) is 5.91 Å². The average molecular weight is 493 g/mol. The zero-order valence-corrected chi connectivity index (χ0v) is 21.8. The van der Waals surface area contributed by atoms with Gasteiger partial charge in [0.15, 0.2) is 0 Å². The van der Waals surface area contributed by atoms with Crippen LogP contribution in [-0.2, 0) is 6.54 Å². The predicted molar refractivity (Wildman–Crippen MR) is 149 cm³/mol. The van der Waals surface area contributed by atoms with E-state index in [9.17, 15) is 4.79 Å². The summed E-state index contributed by atoms with van der Waals surface area (Å²) in [6.07, 6.45) is 4.03. The van der Waals surface area contributed by atoms with Crippen LogP contribution in [0.15, 0.2) is 97.2 Å². The summed E-state index contributed by atoms with van der Waals surface area (Å²) < 4.78 is 2.26. The first-order valence-electron chi connectivity index (χ1n) is 13.4. The number of benzene rings is 3. The number of piperidine rings is 1. The summed E-state index contributed by atoms with van der Waals surface area (Å²) in [5.41, 5.74) is 3.97. The van der Waals surface area contributed by atoms with Crippen LogP contribution in [0.1, 0.15) is 54.5 Å². The molecule has 1 aromatic heterocycles. The second-order valence-electron chi connectivity index (χ2n) is 10.2. The highest BCUT2D eigenvalue weighted by Crippen LogP contribution is 2.35. The molecule has 4 aromatic rings. The molecule has 0 radical (unpaired) electrons. The maximum absolute atomic E-state index is 14.2. The van der Waals surface area contributed by atoms with E-state index in [0.29, 0.717) is 6.54 Å². The molecule has 0 saturated carbocycles. The van der Waals surface area contributed by atoms with E-state index in [4.69, 9.17) is 4.98 Å². The molecule has 5 nitrogen and oxygen atoms in total. The van der Waals surface area contributed by atoms with Gasteiger partial charge >= 0.3 is 0 Å². The molecule has 5 heteroatoms. The Hall–Kier alpha value is -3.70. The molecule has 1 fully saturated rings. The molecule has 0 aliphatic carbocycles. The van der Waals surface area contributed by atoms with Crippen molar-refractivity contribution in [1.82, 2.24) is 19.8 Å². The Kier molecular flexibility index (Phi) is 7.81. The van der Waals surface area contributed by atoms with Crippen LogP contribution in [0.4, 0.5) is 0 Å². The monoisotopic (exact) mass is 492 g/mol. The highest BCUT2D eigenvalue weighted by atomic mass is 16.2. The smallest absolute Gasteiger partial charge is 0.254 e. The normalized spacial score (nSPS) is 15.0. The zero-order chi connectivity index (χ0) is 25.6. The van der Waals surface area contributed by atoms with E-state index < -0.39 is 0 Å². The third kappa shape index (κ3) is 5.67. The van der Waals surface area contributed by atoms with Crippen molar-refractivity contribution in [3.05, 3.63) is 114 Å². The van der Waals surface area contributed by atoms with Gasteiger partial charge in [-0.2, -0.15) is 0 Å². The Balaban J connectivity index is 1.63. The zero-order valence-electron chi connectivity index (χ0n) is 21.8. The molecule has 1 atom stereocenters. The number of imidazole rings is 1. The molecule has 5 rings (SSSR count). The topological polar surface area (TPSA) is 50.2 Å². The van der Waals surface area contributed by atoms with Gasteiger partial charge in [-0.05, 0) is 49.5 Å². The lowest BCUT2D eigenvalue weighted by Gasteiger charge is -2.42. The highest BCUT2D eigenvalue weighted by Gasteiger charge is 2.37. The van der Waals surface area contributed by atoms with Crippen molar-refractivity contribution >= 4 is 5.91 Å². The van der Waals surface area contributed by atoms with E-state index in [0.717, 1.165) is 48.6 Å². The second-order valence-corrected chi connectivity index (χ2v) is 10.2. The first-order valence-corrected chi connectivity index (χ1v) is 13.4. The van der Waals surface area contributed by atoms with E-state index in [1.54, 1.807) is 0 Å². The van der Waals surface area contributed by atoms with Gasteiger partial charge in [-0.3, -0.25) is 4.79 Å². The Labute approximate surface area is 220 Å². The molecule has 1 saturated heterocycles. The lowest BCUT2D eigenvalue weighted by Crippen LogP contribution is -2.49. The van der Waals surface area contributed by atoms with Crippen LogP contribution < -0.4 is 5.32 Å². The van der Waals surface area contributed by atoms with Crippen molar-refractivity contribution in [2.24, 2.45) is 5.92 Å². The number of nitrogens with one attached hydrogen (secondary N) is 1. The van der Waals surface area contributed by atoms with E-state index in [1.807, 2.05) is 54.6 Å². The Morgan fingerprint density at radius 3 is 2.14 bits per heavy atom. The average Bonchev–Trinajstić information content (AvgIpc) is 3.36. The second kappa shape index (κ2) is 11.6. The van der Waals surface area contributed by atoms with Gasteiger partial charge in [0.2, 0.25) is 0 Å². The minimum atomic E-state index is -0.156. The number of hydrogen-bond donors (Lipinski definition) is 1. The van der Waals surface area contributed by atoms with Crippen LogP contribution in [0.5, 0.6) is 0 Å². The van der Waals surface area contributed by atoms with Gasteiger partial charge < -0.3 is 14.8 Å². The third-order valence-electron chi connectivity index (χ3n) is 7.23. The summed E-state index contributed by atoms with van der Waals surface area (Å²) in [5, 5.41) is 3.47. The molecule has 2 heterocycles. The SMILES string of the molecule is CC(C)[C@H](c1nc(-c2ccccc2)cn1Cc1ccccc1)N(C(=O)c1ccccc1)C1CCNCC1. The summed E-state index contributed by atoms with van der Waals surface area (Å²) >= 11 is 0. The quantitative estimate of drug-likeness (QED) is 0.319. The largest absolute Gasteiger partial charge is 0.328 e. The molecule has 0 bridgehead atoms. The molecule has 3 aromatic carbocycles. The summed E-state index contributed by atoms with van der Waals surface area (Å²) in [5.74, 6) is 1.21. The standard InChI is InChI=1S/C32H36N4O/c1-24(2)30(36(28-18-20-33-21-19-28)32(37)27-16-10-5-11-17-27)31-34-29(26-14-8-4-9-15-26)23-35(31)22-25-12-6-3-7-13-25/h3-17,23-24,28,30,33H,18-22H2,1-2H3/t30-/m1/s1. The number of rotatable bonds is 8. The van der Waals surface area contributed by atoms with Gasteiger partial charge in [-0.1, -0.05) is 92.7 Å². The fraction of sp³-hybridized carbons (Fsp3) is 0.312. The molecule has 1 amide bonds. The number of carbonyl (C=O) groups excluding carboxylic acids is 1. The summed E-state index contributed by atoms with van der Waals surface area (Å²) in [7, 11) is 0. The Bertz CT molecular complexity index is 1280. The fourth-order valence-electron chi connectivity index (χ4n) is 5.40. The van der Waals surface area contributed by atoms with Crippen LogP contribution in [0, 0.1) is 5.92 Å². The van der Waals surface area contributed by atoms with E-state index in [1.165, 1.54) is 5.56 Å². The van der Waals surface area contributed by atoms with Gasteiger partial charge in [0.05, 0.1) is 11.7 Å². The minimum absolute atomic E-state index is 0.0849. The third-order valence-corrected chi connectivity index (χ3v) is 7.23. The van der Waals surface area contributed by atoms with Crippen molar-refractivity contribution in [2.75, 3.05) is 13.1 Å². The lowest BCUT2D eigenvalue weighted by atomic mass is 9.94. The van der Waals surface area contributed by atoms with Crippen molar-refractivity contribution < 1.29 is 4.79 Å². The maximum Gasteiger partial charge on any atom is 0.254 e. The molecule has 1 aliphatic rings. The fourth-order valence-corrected chi connectivity index (χ4v) is 5.40. The van der Waals surface area contributed by atoms with Crippen LogP contribution in [0.3, 0.4) is 0 Å². The number of carbonyl (C=O) groups is 1. The maximum atomic E-state index is 14.2. The summed E-state index contributed by atoms with van der Waals surface area (Å²) in [6.45, 7) is 6.96. The number of nitrogens with zero attached hydrogens (tertiary/aromatic N) is 3. The summed E-state index contributed by atoms with van der Waals surface area (Å²) in [4.78, 5) is 21.6. The van der Waals surface area contributed by atoms with Crippen molar-refractivity contribution in [3.8, 4) is 11.3 Å². The molecule has 1 aliphatic heterocycles. The molecular weight excluding hydrogens is 456 g/mol. The summed E-state index contributed by atoms with van der Waals surface area (Å²) in [6, 6.07) is 30.5. The number of aromatic nitrogens is 2. The molecular formula is C32H36N4O. The van der Waals surface area contributed by atoms with Crippen molar-refractivity contribution in [2.45, 2.75) is 45.3 Å². The van der Waals surface area contributed by atoms with Crippen LogP contribution in [-0.4, -0.2) is 39.5 Å². The number of hydrogen-bond acceptors (Lipinski definition) is 3. The number of amides is 1. The van der Waals surface area contributed by atoms with Crippen LogP contribution in [0.2, 0.25) is 0 Å². The van der Waals surface area contributed by atoms with Gasteiger partial charge in [0.1, 0.15) is 5.82 Å². The van der Waals surface area contributed by atoms with Gasteiger partial charge in [-0.15, -0.1) is 0 Å². The van der Waals surface area contributed by atoms with Crippen molar-refractivity contribution in [3.63, 3.8) is 0 Å². The first kappa shape index (κ1) is 25.0. The molecule has 0 spiro atoms. The first-order chi connectivity index (χ1) is 18.1. The van der Waals surface area contributed by atoms with Crippen LogP contribution in [0.25, 0.3) is 11.3 Å². The minimum Gasteiger partial charge on any atom is -0.328 e. The Morgan fingerprint density at radius 2 is 1.51 bits per heavy atom. The van der Waals surface area contributed by atoms with Crippen LogP contribution >= 0.6 is 0 Å². The van der Waals surface area contributed by atoms with E-state index in [2.05, 4.69) is 71.2 Å². The molecule has 37 heavy (non-hydrogen) atoms. The lowest BCUT2D eigenvalue weighted by molar-refractivity contribution is 0.0419. The van der Waals surface area contributed by atoms with Crippen molar-refractivity contribution in [1.29, 1.82) is 0 Å². The predicted octanol–water partition coefficient (Wildman–Crippen LogP) is 6.19. The van der Waals surface area contributed by atoms with E-state index >= 15 is 0 Å². The highest BCUT2D eigenvalue weighted by molar-refractivity contribution is 5.94. The Morgan fingerprint density at radius 1 is 0.919 bits per heavy atom. The van der Waals surface area contributed by atoms with Gasteiger partial charge in [0, 0.05) is 29.9 Å². The van der Waals surface area contributed by atoms with Gasteiger partial charge in [-0.25, -0.2) is 4.98 Å². The molecule has 190 valence electrons. The van der Waals surface area contributed by atoms with E-state index in [-0.39, 0.29) is 23.9 Å². The molecule has 0 unspecified atom stereocenters.